The van der Waals surface area contributed by atoms with Crippen LogP contribution in [0, 0.1) is 6.92 Å². The normalized spacial score (nSPS) is 12.4. The number of benzene rings is 2. The van der Waals surface area contributed by atoms with E-state index in [0.717, 1.165) is 22.2 Å². The minimum absolute atomic E-state index is 0.503. The Kier molecular flexibility index (Phi) is 5.83. The van der Waals surface area contributed by atoms with Gasteiger partial charge in [-0.3, -0.25) is 0 Å². The standard InChI is InChI=1S/C17H18Cl2S/c1-3-17(16-9-8-15(19)10-12(16)2)20-11-13-4-6-14(18)7-5-13/h4-10,17H,3,11H2,1-2H3. The summed E-state index contributed by atoms with van der Waals surface area (Å²) in [5.41, 5.74) is 3.97. The van der Waals surface area contributed by atoms with Gasteiger partial charge in [-0.1, -0.05) is 48.3 Å². The molecule has 2 aromatic rings. The summed E-state index contributed by atoms with van der Waals surface area (Å²) in [5.74, 6) is 0.998. The number of hydrogen-bond acceptors (Lipinski definition) is 1. The molecule has 1 atom stereocenters. The fourth-order valence-corrected chi connectivity index (χ4v) is 3.82. The van der Waals surface area contributed by atoms with Gasteiger partial charge in [0.25, 0.3) is 0 Å². The summed E-state index contributed by atoms with van der Waals surface area (Å²) >= 11 is 13.9. The predicted octanol–water partition coefficient (Wildman–Crippen LogP) is 6.69. The van der Waals surface area contributed by atoms with E-state index < -0.39 is 0 Å². The Morgan fingerprint density at radius 1 is 1.00 bits per heavy atom. The van der Waals surface area contributed by atoms with Crippen molar-refractivity contribution in [3.05, 3.63) is 69.2 Å². The summed E-state index contributed by atoms with van der Waals surface area (Å²) in [5, 5.41) is 2.10. The number of rotatable bonds is 5. The van der Waals surface area contributed by atoms with E-state index in [1.54, 1.807) is 0 Å². The van der Waals surface area contributed by atoms with E-state index in [4.69, 9.17) is 23.2 Å². The van der Waals surface area contributed by atoms with Crippen molar-refractivity contribution in [1.82, 2.24) is 0 Å². The summed E-state index contributed by atoms with van der Waals surface area (Å²) in [4.78, 5) is 0. The van der Waals surface area contributed by atoms with E-state index in [1.165, 1.54) is 16.7 Å². The van der Waals surface area contributed by atoms with Crippen molar-refractivity contribution in [3.8, 4) is 0 Å². The van der Waals surface area contributed by atoms with Crippen molar-refractivity contribution in [1.29, 1.82) is 0 Å². The highest BCUT2D eigenvalue weighted by atomic mass is 35.5. The first-order valence-corrected chi connectivity index (χ1v) is 8.52. The molecule has 0 aliphatic rings. The Morgan fingerprint density at radius 3 is 2.25 bits per heavy atom. The smallest absolute Gasteiger partial charge is 0.0408 e. The van der Waals surface area contributed by atoms with Gasteiger partial charge in [-0.05, 0) is 54.3 Å². The molecule has 0 radical (unpaired) electrons. The van der Waals surface area contributed by atoms with Gasteiger partial charge < -0.3 is 0 Å². The third-order valence-corrected chi connectivity index (χ3v) is 5.29. The number of halogens is 2. The Bertz CT molecular complexity index is 564. The monoisotopic (exact) mass is 324 g/mol. The van der Waals surface area contributed by atoms with E-state index in [0.29, 0.717) is 5.25 Å². The number of aryl methyl sites for hydroxylation is 1. The maximum Gasteiger partial charge on any atom is 0.0408 e. The van der Waals surface area contributed by atoms with Crippen molar-refractivity contribution in [2.75, 3.05) is 0 Å². The molecule has 1 unspecified atom stereocenters. The number of thioether (sulfide) groups is 1. The maximum atomic E-state index is 6.03. The van der Waals surface area contributed by atoms with Gasteiger partial charge in [0.1, 0.15) is 0 Å². The van der Waals surface area contributed by atoms with E-state index in [9.17, 15) is 0 Å². The molecule has 106 valence electrons. The first-order chi connectivity index (χ1) is 9.60. The average molecular weight is 325 g/mol. The van der Waals surface area contributed by atoms with Crippen LogP contribution in [0.4, 0.5) is 0 Å². The van der Waals surface area contributed by atoms with Crippen molar-refractivity contribution in [2.24, 2.45) is 0 Å². The highest BCUT2D eigenvalue weighted by Gasteiger charge is 2.12. The van der Waals surface area contributed by atoms with Crippen LogP contribution in [0.25, 0.3) is 0 Å². The molecule has 0 aromatic heterocycles. The molecular formula is C17H18Cl2S. The van der Waals surface area contributed by atoms with E-state index in [2.05, 4.69) is 32.0 Å². The highest BCUT2D eigenvalue weighted by molar-refractivity contribution is 7.98. The van der Waals surface area contributed by atoms with Crippen LogP contribution in [0.5, 0.6) is 0 Å². The second-order valence-electron chi connectivity index (χ2n) is 4.84. The molecule has 2 rings (SSSR count). The fourth-order valence-electron chi connectivity index (χ4n) is 2.21. The lowest BCUT2D eigenvalue weighted by Crippen LogP contribution is -1.96. The second kappa shape index (κ2) is 7.40. The quantitative estimate of drug-likeness (QED) is 0.590. The van der Waals surface area contributed by atoms with Crippen LogP contribution in [-0.4, -0.2) is 0 Å². The fraction of sp³-hybridized carbons (Fsp3) is 0.294. The van der Waals surface area contributed by atoms with Gasteiger partial charge in [0.15, 0.2) is 0 Å². The molecule has 0 bridgehead atoms. The summed E-state index contributed by atoms with van der Waals surface area (Å²) < 4.78 is 0. The van der Waals surface area contributed by atoms with Crippen molar-refractivity contribution >= 4 is 35.0 Å². The molecule has 2 aromatic carbocycles. The van der Waals surface area contributed by atoms with Crippen LogP contribution in [0.15, 0.2) is 42.5 Å². The molecule has 0 saturated heterocycles. The second-order valence-corrected chi connectivity index (χ2v) is 6.90. The van der Waals surface area contributed by atoms with Gasteiger partial charge in [0.2, 0.25) is 0 Å². The van der Waals surface area contributed by atoms with Crippen LogP contribution in [0.3, 0.4) is 0 Å². The zero-order valence-electron chi connectivity index (χ0n) is 11.7. The lowest BCUT2D eigenvalue weighted by Gasteiger charge is -2.17. The first kappa shape index (κ1) is 15.8. The molecule has 0 fully saturated rings. The zero-order chi connectivity index (χ0) is 14.5. The van der Waals surface area contributed by atoms with Crippen LogP contribution < -0.4 is 0 Å². The molecule has 0 N–H and O–H groups in total. The van der Waals surface area contributed by atoms with Crippen LogP contribution >= 0.6 is 35.0 Å². The summed E-state index contributed by atoms with van der Waals surface area (Å²) in [6, 6.07) is 14.3. The summed E-state index contributed by atoms with van der Waals surface area (Å²) in [6.45, 7) is 4.36. The van der Waals surface area contributed by atoms with Gasteiger partial charge in [0, 0.05) is 21.0 Å². The van der Waals surface area contributed by atoms with Gasteiger partial charge in [-0.2, -0.15) is 0 Å². The number of hydrogen-bond donors (Lipinski definition) is 0. The molecule has 0 aliphatic carbocycles. The van der Waals surface area contributed by atoms with Gasteiger partial charge in [-0.15, -0.1) is 11.8 Å². The topological polar surface area (TPSA) is 0 Å². The molecule has 0 amide bonds. The Balaban J connectivity index is 2.07. The van der Waals surface area contributed by atoms with Gasteiger partial charge >= 0.3 is 0 Å². The summed E-state index contributed by atoms with van der Waals surface area (Å²) in [6.07, 6.45) is 1.11. The predicted molar refractivity (Wildman–Crippen MR) is 92.0 cm³/mol. The van der Waals surface area contributed by atoms with Crippen LogP contribution in [0.1, 0.15) is 35.3 Å². The Labute approximate surface area is 135 Å². The summed E-state index contributed by atoms with van der Waals surface area (Å²) in [7, 11) is 0. The van der Waals surface area contributed by atoms with E-state index >= 15 is 0 Å². The van der Waals surface area contributed by atoms with Crippen LogP contribution in [-0.2, 0) is 5.75 Å². The third-order valence-electron chi connectivity index (χ3n) is 3.31. The highest BCUT2D eigenvalue weighted by Crippen LogP contribution is 2.36. The average Bonchev–Trinajstić information content (AvgIpc) is 2.43. The zero-order valence-corrected chi connectivity index (χ0v) is 14.0. The molecule has 3 heteroatoms. The van der Waals surface area contributed by atoms with E-state index in [1.807, 2.05) is 36.0 Å². The van der Waals surface area contributed by atoms with Crippen molar-refractivity contribution in [2.45, 2.75) is 31.3 Å². The molecule has 0 aliphatic heterocycles. The Morgan fingerprint density at radius 2 is 1.65 bits per heavy atom. The molecule has 0 saturated carbocycles. The maximum absolute atomic E-state index is 6.03. The third kappa shape index (κ3) is 4.18. The lowest BCUT2D eigenvalue weighted by atomic mass is 10.0. The molecule has 0 nitrogen and oxygen atoms in total. The van der Waals surface area contributed by atoms with Crippen molar-refractivity contribution in [3.63, 3.8) is 0 Å². The molecule has 20 heavy (non-hydrogen) atoms. The van der Waals surface area contributed by atoms with E-state index in [-0.39, 0.29) is 0 Å². The first-order valence-electron chi connectivity index (χ1n) is 6.72. The molecular weight excluding hydrogens is 307 g/mol. The van der Waals surface area contributed by atoms with Gasteiger partial charge in [0.05, 0.1) is 0 Å². The SMILES string of the molecule is CCC(SCc1ccc(Cl)cc1)c1ccc(Cl)cc1C. The molecule has 0 spiro atoms. The largest absolute Gasteiger partial charge is 0.149 e. The van der Waals surface area contributed by atoms with Crippen LogP contribution in [0.2, 0.25) is 10.0 Å². The van der Waals surface area contributed by atoms with Crippen molar-refractivity contribution < 1.29 is 0 Å². The lowest BCUT2D eigenvalue weighted by molar-refractivity contribution is 0.886. The minimum Gasteiger partial charge on any atom is -0.149 e. The van der Waals surface area contributed by atoms with Gasteiger partial charge in [-0.25, -0.2) is 0 Å². The minimum atomic E-state index is 0.503. The Hall–Kier alpha value is -0.630. The molecule has 0 heterocycles.